The molecule has 1 aromatic rings. The number of rotatable bonds is 4. The molecule has 0 saturated carbocycles. The number of benzene rings is 1. The highest BCUT2D eigenvalue weighted by atomic mass is 32.1. The number of carbonyl (C=O) groups is 1. The quantitative estimate of drug-likeness (QED) is 0.773. The molecule has 7 heteroatoms. The molecule has 0 aromatic heterocycles. The summed E-state index contributed by atoms with van der Waals surface area (Å²) >= 11 is 4.80. The minimum Gasteiger partial charge on any atom is -0.389 e. The molecule has 1 saturated heterocycles. The van der Waals surface area contributed by atoms with Gasteiger partial charge in [-0.15, -0.1) is 0 Å². The Balaban J connectivity index is 2.16. The Hall–Kier alpha value is -1.57. The number of hydrogen-bond donors (Lipinski definition) is 2. The summed E-state index contributed by atoms with van der Waals surface area (Å²) in [6, 6.07) is 4.06. The van der Waals surface area contributed by atoms with Crippen LogP contribution < -0.4 is 11.5 Å². The number of ether oxygens (including phenoxy) is 1. The van der Waals surface area contributed by atoms with Crippen LogP contribution in [0.4, 0.5) is 4.39 Å². The highest BCUT2D eigenvalue weighted by Crippen LogP contribution is 2.16. The van der Waals surface area contributed by atoms with Crippen molar-refractivity contribution in [3.63, 3.8) is 0 Å². The zero-order valence-electron chi connectivity index (χ0n) is 10.8. The molecule has 1 aliphatic heterocycles. The SMILES string of the molecule is NC(=O)C1COCCN1Cc1ccc(C(N)=S)cc1F. The summed E-state index contributed by atoms with van der Waals surface area (Å²) in [7, 11) is 0. The fourth-order valence-electron chi connectivity index (χ4n) is 2.14. The normalized spacial score (nSPS) is 19.8. The molecule has 0 aliphatic carbocycles. The van der Waals surface area contributed by atoms with E-state index in [-0.39, 0.29) is 11.6 Å². The molecule has 0 bridgehead atoms. The molecule has 1 amide bonds. The number of thiocarbonyl (C=S) groups is 1. The predicted molar refractivity (Wildman–Crippen MR) is 76.5 cm³/mol. The molecule has 20 heavy (non-hydrogen) atoms. The van der Waals surface area contributed by atoms with Crippen molar-refractivity contribution in [1.82, 2.24) is 4.90 Å². The van der Waals surface area contributed by atoms with E-state index in [1.54, 1.807) is 12.1 Å². The first-order valence-electron chi connectivity index (χ1n) is 6.18. The number of halogens is 1. The van der Waals surface area contributed by atoms with Gasteiger partial charge in [0.05, 0.1) is 13.2 Å². The topological polar surface area (TPSA) is 81.6 Å². The molecule has 1 aliphatic rings. The minimum absolute atomic E-state index is 0.150. The maximum absolute atomic E-state index is 14.0. The van der Waals surface area contributed by atoms with E-state index in [0.29, 0.717) is 30.8 Å². The van der Waals surface area contributed by atoms with Crippen LogP contribution >= 0.6 is 12.2 Å². The van der Waals surface area contributed by atoms with E-state index < -0.39 is 17.8 Å². The predicted octanol–water partition coefficient (Wildman–Crippen LogP) is 0.146. The Labute approximate surface area is 121 Å². The smallest absolute Gasteiger partial charge is 0.237 e. The summed E-state index contributed by atoms with van der Waals surface area (Å²) in [5.41, 5.74) is 11.7. The Morgan fingerprint density at radius 3 is 2.85 bits per heavy atom. The molecule has 1 fully saturated rings. The van der Waals surface area contributed by atoms with E-state index in [0.717, 1.165) is 0 Å². The van der Waals surface area contributed by atoms with Crippen LogP contribution in [0, 0.1) is 5.82 Å². The van der Waals surface area contributed by atoms with E-state index >= 15 is 0 Å². The van der Waals surface area contributed by atoms with E-state index in [4.69, 9.17) is 28.4 Å². The van der Waals surface area contributed by atoms with Crippen LogP contribution in [0.25, 0.3) is 0 Å². The second kappa shape index (κ2) is 6.25. The first-order chi connectivity index (χ1) is 9.49. The van der Waals surface area contributed by atoms with Gasteiger partial charge in [-0.25, -0.2) is 4.39 Å². The Bertz CT molecular complexity index is 538. The van der Waals surface area contributed by atoms with E-state index in [2.05, 4.69) is 0 Å². The van der Waals surface area contributed by atoms with E-state index in [1.807, 2.05) is 4.90 Å². The standard InChI is InChI=1S/C13H16FN3O2S/c14-10-5-8(13(16)20)1-2-9(10)6-17-3-4-19-7-11(17)12(15)18/h1-2,5,11H,3-4,6-7H2,(H2,15,18)(H2,16,20). The lowest BCUT2D eigenvalue weighted by molar-refractivity contribution is -0.129. The summed E-state index contributed by atoms with van der Waals surface area (Å²) in [5.74, 6) is -0.866. The van der Waals surface area contributed by atoms with Crippen LogP contribution in [0.5, 0.6) is 0 Å². The third kappa shape index (κ3) is 3.30. The van der Waals surface area contributed by atoms with Crippen molar-refractivity contribution in [2.75, 3.05) is 19.8 Å². The summed E-state index contributed by atoms with van der Waals surface area (Å²) < 4.78 is 19.2. The van der Waals surface area contributed by atoms with Crippen molar-refractivity contribution in [2.45, 2.75) is 12.6 Å². The van der Waals surface area contributed by atoms with Crippen LogP contribution in [-0.2, 0) is 16.1 Å². The number of nitrogens with zero attached hydrogens (tertiary/aromatic N) is 1. The van der Waals surface area contributed by atoms with Crippen molar-refractivity contribution in [1.29, 1.82) is 0 Å². The van der Waals surface area contributed by atoms with Gasteiger partial charge in [-0.1, -0.05) is 24.4 Å². The second-order valence-corrected chi connectivity index (χ2v) is 5.07. The number of primary amides is 1. The first kappa shape index (κ1) is 14.8. The zero-order valence-corrected chi connectivity index (χ0v) is 11.7. The molecule has 0 spiro atoms. The van der Waals surface area contributed by atoms with Crippen LogP contribution in [0.1, 0.15) is 11.1 Å². The molecule has 2 rings (SSSR count). The number of amides is 1. The highest BCUT2D eigenvalue weighted by molar-refractivity contribution is 7.80. The maximum atomic E-state index is 14.0. The number of carbonyl (C=O) groups excluding carboxylic acids is 1. The lowest BCUT2D eigenvalue weighted by Gasteiger charge is -2.33. The minimum atomic E-state index is -0.529. The molecule has 5 nitrogen and oxygen atoms in total. The van der Waals surface area contributed by atoms with Gasteiger partial charge in [-0.05, 0) is 6.07 Å². The van der Waals surface area contributed by atoms with Crippen molar-refractivity contribution in [3.05, 3.63) is 35.1 Å². The number of morpholine rings is 1. The average molecular weight is 297 g/mol. The summed E-state index contributed by atoms with van der Waals surface area (Å²) in [4.78, 5) is 13.3. The van der Waals surface area contributed by atoms with Crippen LogP contribution in [0.2, 0.25) is 0 Å². The first-order valence-corrected chi connectivity index (χ1v) is 6.59. The molecular weight excluding hydrogens is 281 g/mol. The summed E-state index contributed by atoms with van der Waals surface area (Å²) in [6.07, 6.45) is 0. The fourth-order valence-corrected chi connectivity index (χ4v) is 2.26. The van der Waals surface area contributed by atoms with Crippen LogP contribution in [0.3, 0.4) is 0 Å². The molecule has 1 unspecified atom stereocenters. The molecule has 1 heterocycles. The second-order valence-electron chi connectivity index (χ2n) is 4.63. The molecule has 1 aromatic carbocycles. The third-order valence-corrected chi connectivity index (χ3v) is 3.51. The molecule has 0 radical (unpaired) electrons. The summed E-state index contributed by atoms with van der Waals surface area (Å²) in [6.45, 7) is 1.56. The Morgan fingerprint density at radius 2 is 2.25 bits per heavy atom. The third-order valence-electron chi connectivity index (χ3n) is 3.28. The fraction of sp³-hybridized carbons (Fsp3) is 0.385. The van der Waals surface area contributed by atoms with E-state index in [9.17, 15) is 9.18 Å². The average Bonchev–Trinajstić information content (AvgIpc) is 2.41. The summed E-state index contributed by atoms with van der Waals surface area (Å²) in [5, 5.41) is 0. The van der Waals surface area contributed by atoms with Gasteiger partial charge in [0.1, 0.15) is 16.8 Å². The zero-order chi connectivity index (χ0) is 14.7. The van der Waals surface area contributed by atoms with Gasteiger partial charge in [0.2, 0.25) is 5.91 Å². The Kier molecular flexibility index (Phi) is 4.64. The molecule has 1 atom stereocenters. The molecule has 4 N–H and O–H groups in total. The lowest BCUT2D eigenvalue weighted by atomic mass is 10.1. The van der Waals surface area contributed by atoms with Gasteiger partial charge in [-0.3, -0.25) is 9.69 Å². The lowest BCUT2D eigenvalue weighted by Crippen LogP contribution is -2.51. The van der Waals surface area contributed by atoms with Gasteiger partial charge in [0.15, 0.2) is 0 Å². The highest BCUT2D eigenvalue weighted by Gasteiger charge is 2.28. The van der Waals surface area contributed by atoms with Crippen molar-refractivity contribution in [3.8, 4) is 0 Å². The van der Waals surface area contributed by atoms with Crippen molar-refractivity contribution >= 4 is 23.1 Å². The Morgan fingerprint density at radius 1 is 1.50 bits per heavy atom. The van der Waals surface area contributed by atoms with Crippen LogP contribution in [-0.4, -0.2) is 41.6 Å². The van der Waals surface area contributed by atoms with Gasteiger partial charge in [0, 0.05) is 24.2 Å². The van der Waals surface area contributed by atoms with Gasteiger partial charge >= 0.3 is 0 Å². The molecule has 108 valence electrons. The van der Waals surface area contributed by atoms with Crippen molar-refractivity contribution < 1.29 is 13.9 Å². The van der Waals surface area contributed by atoms with Crippen molar-refractivity contribution in [2.24, 2.45) is 11.5 Å². The van der Waals surface area contributed by atoms with Gasteiger partial charge in [-0.2, -0.15) is 0 Å². The number of nitrogens with two attached hydrogens (primary N) is 2. The van der Waals surface area contributed by atoms with Gasteiger partial charge in [0.25, 0.3) is 0 Å². The largest absolute Gasteiger partial charge is 0.389 e. The number of hydrogen-bond acceptors (Lipinski definition) is 4. The van der Waals surface area contributed by atoms with E-state index in [1.165, 1.54) is 6.07 Å². The maximum Gasteiger partial charge on any atom is 0.237 e. The van der Waals surface area contributed by atoms with Gasteiger partial charge < -0.3 is 16.2 Å². The monoisotopic (exact) mass is 297 g/mol. The molecular formula is C13H16FN3O2S. The van der Waals surface area contributed by atoms with Crippen LogP contribution in [0.15, 0.2) is 18.2 Å².